The summed E-state index contributed by atoms with van der Waals surface area (Å²) in [5.41, 5.74) is 0. The van der Waals surface area contributed by atoms with E-state index < -0.39 is 15.4 Å². The lowest BCUT2D eigenvalue weighted by Gasteiger charge is -2.36. The Kier molecular flexibility index (Phi) is 6.86. The lowest BCUT2D eigenvalue weighted by atomic mass is 9.83. The Hall–Kier alpha value is 0.162. The third kappa shape index (κ3) is 6.68. The first kappa shape index (κ1) is 16.2. The molecule has 0 aliphatic rings. The van der Waals surface area contributed by atoms with E-state index in [2.05, 4.69) is 33.9 Å². The van der Waals surface area contributed by atoms with Gasteiger partial charge < -0.3 is 14.5 Å². The zero-order valence-electron chi connectivity index (χ0n) is 11.4. The minimum Gasteiger partial charge on any atom is -0.427 e. The summed E-state index contributed by atoms with van der Waals surface area (Å²) in [6.45, 7) is 12.0. The molecule has 0 atom stereocenters. The van der Waals surface area contributed by atoms with Crippen molar-refractivity contribution in [3.63, 3.8) is 0 Å². The average molecular weight is 246 g/mol. The molecule has 5 heteroatoms. The molecule has 0 rings (SSSR count). The lowest BCUT2D eigenvalue weighted by molar-refractivity contribution is 0.278. The largest absolute Gasteiger partial charge is 0.451 e. The highest BCUT2D eigenvalue weighted by molar-refractivity contribution is 6.74. The molecule has 96 valence electrons. The van der Waals surface area contributed by atoms with Crippen LogP contribution in [0.4, 0.5) is 0 Å². The number of hydrogen-bond acceptors (Lipinski definition) is 3. The maximum atomic E-state index is 8.68. The second-order valence-electron chi connectivity index (χ2n) is 5.94. The van der Waals surface area contributed by atoms with E-state index in [0.717, 1.165) is 25.9 Å². The lowest BCUT2D eigenvalue weighted by Crippen LogP contribution is -2.40. The first-order valence-electron chi connectivity index (χ1n) is 6.17. The third-order valence-electron chi connectivity index (χ3n) is 3.38. The summed E-state index contributed by atoms with van der Waals surface area (Å²) in [5, 5.41) is 17.6. The van der Waals surface area contributed by atoms with Gasteiger partial charge in [0.1, 0.15) is 0 Å². The zero-order chi connectivity index (χ0) is 12.8. The molecular formula is C11H27BO3Si. The van der Waals surface area contributed by atoms with Crippen molar-refractivity contribution in [2.75, 3.05) is 6.61 Å². The normalized spacial score (nSPS) is 12.9. The van der Waals surface area contributed by atoms with Crippen molar-refractivity contribution in [3.8, 4) is 0 Å². The molecule has 0 saturated carbocycles. The fraction of sp³-hybridized carbons (Fsp3) is 1.00. The second kappa shape index (κ2) is 6.79. The topological polar surface area (TPSA) is 49.7 Å². The second-order valence-corrected chi connectivity index (χ2v) is 10.7. The zero-order valence-corrected chi connectivity index (χ0v) is 12.4. The van der Waals surface area contributed by atoms with E-state index in [9.17, 15) is 0 Å². The standard InChI is InChI=1S/C11H27BO3Si/c1-11(2,3)16(4,5)15-10-8-6-7-9-12(13)14/h13-14H,6-10H2,1-5H3. The molecule has 0 bridgehead atoms. The van der Waals surface area contributed by atoms with Crippen molar-refractivity contribution in [3.05, 3.63) is 0 Å². The van der Waals surface area contributed by atoms with Crippen LogP contribution in [0.1, 0.15) is 40.0 Å². The summed E-state index contributed by atoms with van der Waals surface area (Å²) in [7, 11) is -2.74. The maximum absolute atomic E-state index is 8.68. The van der Waals surface area contributed by atoms with E-state index in [1.54, 1.807) is 0 Å². The van der Waals surface area contributed by atoms with Gasteiger partial charge in [-0.15, -0.1) is 0 Å². The SMILES string of the molecule is CC(C)(C)[Si](C)(C)OCCCCCB(O)O. The van der Waals surface area contributed by atoms with Gasteiger partial charge in [-0.05, 0) is 30.9 Å². The first-order chi connectivity index (χ1) is 7.17. The summed E-state index contributed by atoms with van der Waals surface area (Å²) in [6.07, 6.45) is 3.35. The van der Waals surface area contributed by atoms with E-state index in [1.807, 2.05) is 0 Å². The van der Waals surface area contributed by atoms with Gasteiger partial charge in [-0.25, -0.2) is 0 Å². The van der Waals surface area contributed by atoms with Gasteiger partial charge in [0.05, 0.1) is 0 Å². The van der Waals surface area contributed by atoms with Crippen molar-refractivity contribution >= 4 is 15.4 Å². The fourth-order valence-corrected chi connectivity index (χ4v) is 2.24. The molecule has 2 N–H and O–H groups in total. The van der Waals surface area contributed by atoms with Crippen LogP contribution in [0.5, 0.6) is 0 Å². The minimum atomic E-state index is -1.59. The van der Waals surface area contributed by atoms with Crippen LogP contribution in [0.15, 0.2) is 0 Å². The van der Waals surface area contributed by atoms with Crippen LogP contribution in [-0.2, 0) is 4.43 Å². The van der Waals surface area contributed by atoms with Crippen LogP contribution in [0.25, 0.3) is 0 Å². The highest BCUT2D eigenvalue weighted by Gasteiger charge is 2.36. The molecule has 0 aliphatic carbocycles. The van der Waals surface area contributed by atoms with Gasteiger partial charge in [0.15, 0.2) is 8.32 Å². The Labute approximate surface area is 101 Å². The van der Waals surface area contributed by atoms with Crippen molar-refractivity contribution in [1.82, 2.24) is 0 Å². The van der Waals surface area contributed by atoms with Crippen LogP contribution in [0, 0.1) is 0 Å². The summed E-state index contributed by atoms with van der Waals surface area (Å²) in [4.78, 5) is 0. The summed E-state index contributed by atoms with van der Waals surface area (Å²) in [5.74, 6) is 0. The van der Waals surface area contributed by atoms with E-state index in [4.69, 9.17) is 14.5 Å². The quantitative estimate of drug-likeness (QED) is 0.536. The molecule has 0 saturated heterocycles. The molecule has 0 heterocycles. The van der Waals surface area contributed by atoms with Gasteiger partial charge in [0.25, 0.3) is 0 Å². The average Bonchev–Trinajstić information content (AvgIpc) is 2.08. The van der Waals surface area contributed by atoms with Crippen molar-refractivity contribution in [2.45, 2.75) is 64.5 Å². The fourth-order valence-electron chi connectivity index (χ4n) is 1.15. The summed E-state index contributed by atoms with van der Waals surface area (Å²) < 4.78 is 6.01. The molecule has 0 unspecified atom stereocenters. The molecule has 0 amide bonds. The van der Waals surface area contributed by atoms with E-state index in [0.29, 0.717) is 6.32 Å². The van der Waals surface area contributed by atoms with Crippen LogP contribution in [0.2, 0.25) is 24.5 Å². The Morgan fingerprint density at radius 3 is 2.06 bits per heavy atom. The van der Waals surface area contributed by atoms with Crippen LogP contribution in [-0.4, -0.2) is 32.1 Å². The summed E-state index contributed by atoms with van der Waals surface area (Å²) >= 11 is 0. The number of hydrogen-bond donors (Lipinski definition) is 2. The van der Waals surface area contributed by atoms with Gasteiger partial charge in [0.2, 0.25) is 0 Å². The monoisotopic (exact) mass is 246 g/mol. The van der Waals surface area contributed by atoms with Crippen molar-refractivity contribution in [1.29, 1.82) is 0 Å². The smallest absolute Gasteiger partial charge is 0.427 e. The molecule has 0 aromatic rings. The molecule has 3 nitrogen and oxygen atoms in total. The predicted molar refractivity (Wildman–Crippen MR) is 72.0 cm³/mol. The molecule has 0 radical (unpaired) electrons. The van der Waals surface area contributed by atoms with Crippen LogP contribution < -0.4 is 0 Å². The molecular weight excluding hydrogens is 219 g/mol. The molecule has 0 spiro atoms. The number of unbranched alkanes of at least 4 members (excludes halogenated alkanes) is 2. The first-order valence-corrected chi connectivity index (χ1v) is 9.08. The van der Waals surface area contributed by atoms with E-state index in [-0.39, 0.29) is 5.04 Å². The Balaban J connectivity index is 3.59. The highest BCUT2D eigenvalue weighted by Crippen LogP contribution is 2.36. The third-order valence-corrected chi connectivity index (χ3v) is 7.91. The van der Waals surface area contributed by atoms with Gasteiger partial charge in [-0.1, -0.05) is 33.6 Å². The molecule has 0 aliphatic heterocycles. The predicted octanol–water partition coefficient (Wildman–Crippen LogP) is 2.65. The van der Waals surface area contributed by atoms with Crippen LogP contribution >= 0.6 is 0 Å². The van der Waals surface area contributed by atoms with Gasteiger partial charge in [-0.3, -0.25) is 0 Å². The highest BCUT2D eigenvalue weighted by atomic mass is 28.4. The van der Waals surface area contributed by atoms with E-state index in [1.165, 1.54) is 0 Å². The maximum Gasteiger partial charge on any atom is 0.451 e. The molecule has 0 fully saturated rings. The Bertz CT molecular complexity index is 190. The van der Waals surface area contributed by atoms with Crippen LogP contribution in [0.3, 0.4) is 0 Å². The van der Waals surface area contributed by atoms with E-state index >= 15 is 0 Å². The van der Waals surface area contributed by atoms with Gasteiger partial charge >= 0.3 is 7.12 Å². The summed E-state index contributed by atoms with van der Waals surface area (Å²) in [6, 6.07) is 0. The Morgan fingerprint density at radius 1 is 1.06 bits per heavy atom. The van der Waals surface area contributed by atoms with Crippen molar-refractivity contribution in [2.24, 2.45) is 0 Å². The molecule has 0 aromatic heterocycles. The minimum absolute atomic E-state index is 0.272. The number of rotatable bonds is 7. The van der Waals surface area contributed by atoms with Gasteiger partial charge in [0, 0.05) is 6.61 Å². The molecule has 16 heavy (non-hydrogen) atoms. The van der Waals surface area contributed by atoms with Crippen molar-refractivity contribution < 1.29 is 14.5 Å². The Morgan fingerprint density at radius 2 is 1.62 bits per heavy atom. The molecule has 0 aromatic carbocycles. The van der Waals surface area contributed by atoms with Gasteiger partial charge in [-0.2, -0.15) is 0 Å².